The fourth-order valence-electron chi connectivity index (χ4n) is 2.22. The van der Waals surface area contributed by atoms with E-state index in [1.165, 1.54) is 0 Å². The van der Waals surface area contributed by atoms with Gasteiger partial charge in [-0.3, -0.25) is 0 Å². The van der Waals surface area contributed by atoms with Crippen LogP contribution < -0.4 is 5.32 Å². The molecular formula is C16H19NO3. The van der Waals surface area contributed by atoms with Gasteiger partial charge in [-0.25, -0.2) is 0 Å². The van der Waals surface area contributed by atoms with Gasteiger partial charge in [-0.1, -0.05) is 18.2 Å². The third-order valence-electron chi connectivity index (χ3n) is 3.30. The highest BCUT2D eigenvalue weighted by atomic mass is 16.3. The highest BCUT2D eigenvalue weighted by Gasteiger charge is 2.17. The predicted octanol–water partition coefficient (Wildman–Crippen LogP) is 2.70. The molecule has 0 aromatic heterocycles. The van der Waals surface area contributed by atoms with Crippen molar-refractivity contribution in [2.24, 2.45) is 0 Å². The van der Waals surface area contributed by atoms with Gasteiger partial charge in [-0.2, -0.15) is 0 Å². The number of aromatic hydroxyl groups is 3. The van der Waals surface area contributed by atoms with Crippen LogP contribution in [0, 0.1) is 0 Å². The summed E-state index contributed by atoms with van der Waals surface area (Å²) in [6.07, 6.45) is 0.910. The van der Waals surface area contributed by atoms with Crippen LogP contribution in [-0.2, 0) is 6.42 Å². The van der Waals surface area contributed by atoms with Gasteiger partial charge in [0.2, 0.25) is 0 Å². The van der Waals surface area contributed by atoms with E-state index in [4.69, 9.17) is 5.11 Å². The number of phenols is 3. The maximum Gasteiger partial charge on any atom is 0.157 e. The van der Waals surface area contributed by atoms with Crippen LogP contribution in [0.2, 0.25) is 0 Å². The second kappa shape index (κ2) is 6.30. The molecule has 0 bridgehead atoms. The second-order valence-electron chi connectivity index (χ2n) is 4.80. The van der Waals surface area contributed by atoms with Gasteiger partial charge >= 0.3 is 0 Å². The Morgan fingerprint density at radius 2 is 1.65 bits per heavy atom. The van der Waals surface area contributed by atoms with Gasteiger partial charge in [0, 0.05) is 6.04 Å². The fraction of sp³-hybridized carbons (Fsp3) is 0.250. The van der Waals surface area contributed by atoms with E-state index in [-0.39, 0.29) is 17.5 Å². The van der Waals surface area contributed by atoms with Crippen LogP contribution in [0.15, 0.2) is 42.5 Å². The van der Waals surface area contributed by atoms with Crippen molar-refractivity contribution >= 4 is 0 Å². The van der Waals surface area contributed by atoms with Crippen molar-refractivity contribution in [2.45, 2.75) is 19.4 Å². The standard InChI is InChI=1S/C10H13NO2.C6H6O/c1-6-8-5-10(13)9(12)4-7(8)2-3-11-6;7-6-4-2-1-3-5-6/h4-6,11-13H,2-3H2,1H3;1-5,7H/t6-;/m1./s1. The van der Waals surface area contributed by atoms with Crippen LogP contribution >= 0.6 is 0 Å². The molecule has 1 heterocycles. The summed E-state index contributed by atoms with van der Waals surface area (Å²) in [6, 6.07) is 12.3. The van der Waals surface area contributed by atoms with Gasteiger partial charge in [0.15, 0.2) is 11.5 Å². The Labute approximate surface area is 118 Å². The Morgan fingerprint density at radius 1 is 1.00 bits per heavy atom. The number of rotatable bonds is 0. The maximum absolute atomic E-state index is 9.32. The van der Waals surface area contributed by atoms with Gasteiger partial charge in [0.25, 0.3) is 0 Å². The Hall–Kier alpha value is -2.20. The molecule has 0 saturated heterocycles. The van der Waals surface area contributed by atoms with Crippen molar-refractivity contribution in [1.82, 2.24) is 5.32 Å². The lowest BCUT2D eigenvalue weighted by molar-refractivity contribution is 0.399. The average Bonchev–Trinajstić information content (AvgIpc) is 2.43. The molecule has 4 N–H and O–H groups in total. The zero-order chi connectivity index (χ0) is 14.5. The Kier molecular flexibility index (Phi) is 4.48. The van der Waals surface area contributed by atoms with E-state index in [1.807, 2.05) is 6.07 Å². The molecule has 0 unspecified atom stereocenters. The zero-order valence-corrected chi connectivity index (χ0v) is 11.4. The molecular weight excluding hydrogens is 254 g/mol. The minimum atomic E-state index is -0.0331. The van der Waals surface area contributed by atoms with Gasteiger partial charge < -0.3 is 20.6 Å². The first-order chi connectivity index (χ1) is 9.58. The number of benzene rings is 2. The van der Waals surface area contributed by atoms with E-state index in [1.54, 1.807) is 36.4 Å². The minimum absolute atomic E-state index is 0.0205. The van der Waals surface area contributed by atoms with Gasteiger partial charge in [-0.05, 0) is 55.3 Å². The van der Waals surface area contributed by atoms with Crippen molar-refractivity contribution in [3.05, 3.63) is 53.6 Å². The zero-order valence-electron chi connectivity index (χ0n) is 11.4. The van der Waals surface area contributed by atoms with Crippen LogP contribution in [0.5, 0.6) is 17.2 Å². The molecule has 3 rings (SSSR count). The molecule has 1 aliphatic rings. The van der Waals surface area contributed by atoms with E-state index < -0.39 is 0 Å². The number of hydrogen-bond donors (Lipinski definition) is 4. The van der Waals surface area contributed by atoms with E-state index >= 15 is 0 Å². The van der Waals surface area contributed by atoms with Crippen LogP contribution in [0.3, 0.4) is 0 Å². The minimum Gasteiger partial charge on any atom is -0.508 e. The normalized spacial score (nSPS) is 16.8. The highest BCUT2D eigenvalue weighted by molar-refractivity contribution is 5.47. The van der Waals surface area contributed by atoms with Crippen LogP contribution in [0.1, 0.15) is 24.1 Å². The molecule has 4 nitrogen and oxygen atoms in total. The molecule has 1 atom stereocenters. The third-order valence-corrected chi connectivity index (χ3v) is 3.30. The smallest absolute Gasteiger partial charge is 0.157 e. The van der Waals surface area contributed by atoms with Crippen molar-refractivity contribution in [3.63, 3.8) is 0 Å². The Balaban J connectivity index is 0.000000178. The van der Waals surface area contributed by atoms with Crippen LogP contribution in [0.25, 0.3) is 0 Å². The van der Waals surface area contributed by atoms with Crippen molar-refractivity contribution in [3.8, 4) is 17.2 Å². The van der Waals surface area contributed by atoms with Crippen molar-refractivity contribution < 1.29 is 15.3 Å². The largest absolute Gasteiger partial charge is 0.508 e. The summed E-state index contributed by atoms with van der Waals surface area (Å²) < 4.78 is 0. The van der Waals surface area contributed by atoms with Crippen LogP contribution in [0.4, 0.5) is 0 Å². The lowest BCUT2D eigenvalue weighted by atomic mass is 9.95. The van der Waals surface area contributed by atoms with E-state index in [0.717, 1.165) is 24.1 Å². The summed E-state index contributed by atoms with van der Waals surface area (Å²) in [5.74, 6) is 0.268. The molecule has 20 heavy (non-hydrogen) atoms. The molecule has 0 radical (unpaired) electrons. The summed E-state index contributed by atoms with van der Waals surface area (Å²) in [7, 11) is 0. The van der Waals surface area contributed by atoms with Gasteiger partial charge in [0.05, 0.1) is 0 Å². The first-order valence-corrected chi connectivity index (χ1v) is 6.60. The highest BCUT2D eigenvalue weighted by Crippen LogP contribution is 2.33. The van der Waals surface area contributed by atoms with Crippen molar-refractivity contribution in [1.29, 1.82) is 0 Å². The number of nitrogens with one attached hydrogen (secondary N) is 1. The quantitative estimate of drug-likeness (QED) is 0.557. The third kappa shape index (κ3) is 3.42. The van der Waals surface area contributed by atoms with E-state index in [0.29, 0.717) is 5.75 Å². The Bertz CT molecular complexity index is 569. The summed E-state index contributed by atoms with van der Waals surface area (Å²) in [5.41, 5.74) is 2.21. The maximum atomic E-state index is 9.32. The number of phenolic OH excluding ortho intramolecular Hbond substituents is 3. The summed E-state index contributed by atoms with van der Waals surface area (Å²) in [4.78, 5) is 0. The molecule has 0 aliphatic carbocycles. The molecule has 2 aromatic rings. The predicted molar refractivity (Wildman–Crippen MR) is 78.0 cm³/mol. The van der Waals surface area contributed by atoms with Gasteiger partial charge in [-0.15, -0.1) is 0 Å². The second-order valence-corrected chi connectivity index (χ2v) is 4.80. The number of fused-ring (bicyclic) bond motifs is 1. The average molecular weight is 273 g/mol. The monoisotopic (exact) mass is 273 g/mol. The topological polar surface area (TPSA) is 72.7 Å². The molecule has 0 fully saturated rings. The summed E-state index contributed by atoms with van der Waals surface area (Å²) >= 11 is 0. The number of hydrogen-bond acceptors (Lipinski definition) is 4. The lowest BCUT2D eigenvalue weighted by Crippen LogP contribution is -2.27. The molecule has 2 aromatic carbocycles. The number of para-hydroxylation sites is 1. The fourth-order valence-corrected chi connectivity index (χ4v) is 2.22. The Morgan fingerprint density at radius 3 is 2.25 bits per heavy atom. The summed E-state index contributed by atoms with van der Waals surface area (Å²) in [5, 5.41) is 30.5. The van der Waals surface area contributed by atoms with E-state index in [9.17, 15) is 10.2 Å². The molecule has 4 heteroatoms. The molecule has 0 amide bonds. The summed E-state index contributed by atoms with van der Waals surface area (Å²) in [6.45, 7) is 2.98. The van der Waals surface area contributed by atoms with Crippen molar-refractivity contribution in [2.75, 3.05) is 6.54 Å². The van der Waals surface area contributed by atoms with Crippen LogP contribution in [-0.4, -0.2) is 21.9 Å². The SMILES string of the molecule is C[C@H]1NCCc2cc(O)c(O)cc21.Oc1ccccc1. The first kappa shape index (κ1) is 14.2. The van der Waals surface area contributed by atoms with Gasteiger partial charge in [0.1, 0.15) is 5.75 Å². The molecule has 1 aliphatic heterocycles. The lowest BCUT2D eigenvalue weighted by Gasteiger charge is -2.24. The molecule has 106 valence electrons. The molecule has 0 saturated carbocycles. The molecule has 0 spiro atoms. The van der Waals surface area contributed by atoms with E-state index in [2.05, 4.69) is 12.2 Å². The first-order valence-electron chi connectivity index (χ1n) is 6.60.